The van der Waals surface area contributed by atoms with Crippen LogP contribution in [0.5, 0.6) is 0 Å². The third-order valence-corrected chi connectivity index (χ3v) is 4.03. The lowest BCUT2D eigenvalue weighted by Crippen LogP contribution is -2.26. The Labute approximate surface area is 146 Å². The molecule has 25 heavy (non-hydrogen) atoms. The van der Waals surface area contributed by atoms with Crippen molar-refractivity contribution in [2.24, 2.45) is 0 Å². The lowest BCUT2D eigenvalue weighted by Gasteiger charge is -2.13. The molecule has 1 N–H and O–H groups in total. The van der Waals surface area contributed by atoms with E-state index >= 15 is 0 Å². The van der Waals surface area contributed by atoms with Gasteiger partial charge in [-0.1, -0.05) is 31.2 Å². The summed E-state index contributed by atoms with van der Waals surface area (Å²) in [5, 5.41) is 12.3. The first-order valence-electron chi connectivity index (χ1n) is 8.11. The highest BCUT2D eigenvalue weighted by molar-refractivity contribution is 5.96. The second kappa shape index (κ2) is 7.45. The number of nitriles is 1. The van der Waals surface area contributed by atoms with Gasteiger partial charge in [-0.3, -0.25) is 9.78 Å². The molecule has 1 amide bonds. The summed E-state index contributed by atoms with van der Waals surface area (Å²) < 4.78 is 1.79. The summed E-state index contributed by atoms with van der Waals surface area (Å²) in [5.74, 6) is -0.281. The van der Waals surface area contributed by atoms with Crippen LogP contribution in [-0.2, 0) is 13.0 Å². The lowest BCUT2D eigenvalue weighted by molar-refractivity contribution is 0.0944. The lowest BCUT2D eigenvalue weighted by atomic mass is 10.1. The van der Waals surface area contributed by atoms with Crippen LogP contribution in [0.3, 0.4) is 0 Å². The highest BCUT2D eigenvalue weighted by atomic mass is 16.1. The van der Waals surface area contributed by atoms with Gasteiger partial charge >= 0.3 is 0 Å². The van der Waals surface area contributed by atoms with Gasteiger partial charge in [-0.15, -0.1) is 0 Å². The van der Waals surface area contributed by atoms with Gasteiger partial charge in [-0.05, 0) is 35.7 Å². The minimum Gasteiger partial charge on any atom is -0.347 e. The van der Waals surface area contributed by atoms with Gasteiger partial charge in [0.2, 0.25) is 0 Å². The van der Waals surface area contributed by atoms with E-state index in [0.29, 0.717) is 17.8 Å². The van der Waals surface area contributed by atoms with E-state index in [1.54, 1.807) is 29.2 Å². The van der Waals surface area contributed by atoms with Gasteiger partial charge in [-0.25, -0.2) is 0 Å². The summed E-state index contributed by atoms with van der Waals surface area (Å²) >= 11 is 0. The van der Waals surface area contributed by atoms with Gasteiger partial charge in [0, 0.05) is 30.8 Å². The van der Waals surface area contributed by atoms with Gasteiger partial charge < -0.3 is 9.88 Å². The molecule has 0 radical (unpaired) electrons. The smallest absolute Gasteiger partial charge is 0.269 e. The summed E-state index contributed by atoms with van der Waals surface area (Å²) in [4.78, 5) is 16.8. The third kappa shape index (κ3) is 3.43. The van der Waals surface area contributed by atoms with Gasteiger partial charge in [0.1, 0.15) is 11.8 Å². The topological polar surface area (TPSA) is 70.7 Å². The maximum absolute atomic E-state index is 12.7. The van der Waals surface area contributed by atoms with E-state index in [0.717, 1.165) is 23.2 Å². The molecule has 0 aliphatic carbocycles. The van der Waals surface area contributed by atoms with Crippen molar-refractivity contribution in [2.75, 3.05) is 0 Å². The van der Waals surface area contributed by atoms with Crippen molar-refractivity contribution in [3.63, 3.8) is 0 Å². The molecule has 5 nitrogen and oxygen atoms in total. The average molecular weight is 330 g/mol. The molecule has 0 saturated carbocycles. The molecule has 0 aliphatic rings. The Morgan fingerprint density at radius 2 is 2.08 bits per heavy atom. The predicted molar refractivity (Wildman–Crippen MR) is 95.3 cm³/mol. The van der Waals surface area contributed by atoms with Gasteiger partial charge in [0.25, 0.3) is 5.91 Å². The summed E-state index contributed by atoms with van der Waals surface area (Å²) in [7, 11) is 0. The molecule has 3 rings (SSSR count). The Bertz CT molecular complexity index is 922. The second-order valence-corrected chi connectivity index (χ2v) is 5.59. The summed E-state index contributed by atoms with van der Waals surface area (Å²) in [6, 6.07) is 15.4. The van der Waals surface area contributed by atoms with E-state index in [1.807, 2.05) is 36.4 Å². The summed E-state index contributed by atoms with van der Waals surface area (Å²) in [5.41, 5.74) is 3.64. The molecular formula is C20H18N4O. The summed E-state index contributed by atoms with van der Waals surface area (Å²) in [6.45, 7) is 2.42. The SMILES string of the molecule is CCc1ccccc1-n1ccc(C#N)c1C(=O)NCc1cccnc1. The Hall–Kier alpha value is -3.39. The van der Waals surface area contributed by atoms with Gasteiger partial charge in [-0.2, -0.15) is 5.26 Å². The fraction of sp³-hybridized carbons (Fsp3) is 0.150. The predicted octanol–water partition coefficient (Wildman–Crippen LogP) is 3.24. The van der Waals surface area contributed by atoms with Crippen LogP contribution in [0, 0.1) is 11.3 Å². The molecule has 3 aromatic rings. The number of hydrogen-bond donors (Lipinski definition) is 1. The van der Waals surface area contributed by atoms with Crippen molar-refractivity contribution in [1.29, 1.82) is 5.26 Å². The van der Waals surface area contributed by atoms with Crippen molar-refractivity contribution in [3.8, 4) is 11.8 Å². The van der Waals surface area contributed by atoms with Gasteiger partial charge in [0.15, 0.2) is 0 Å². The van der Waals surface area contributed by atoms with E-state index in [2.05, 4.69) is 23.3 Å². The monoisotopic (exact) mass is 330 g/mol. The fourth-order valence-electron chi connectivity index (χ4n) is 2.77. The zero-order valence-corrected chi connectivity index (χ0v) is 13.9. The van der Waals surface area contributed by atoms with Crippen LogP contribution in [0.4, 0.5) is 0 Å². The van der Waals surface area contributed by atoms with Crippen LogP contribution in [0.15, 0.2) is 61.1 Å². The quantitative estimate of drug-likeness (QED) is 0.781. The molecule has 2 heterocycles. The van der Waals surface area contributed by atoms with Crippen LogP contribution in [0.25, 0.3) is 5.69 Å². The molecule has 2 aromatic heterocycles. The first kappa shape index (κ1) is 16.5. The number of nitrogens with zero attached hydrogens (tertiary/aromatic N) is 3. The molecule has 0 saturated heterocycles. The highest BCUT2D eigenvalue weighted by Crippen LogP contribution is 2.21. The maximum Gasteiger partial charge on any atom is 0.269 e. The number of aryl methyl sites for hydroxylation is 1. The molecule has 0 bridgehead atoms. The highest BCUT2D eigenvalue weighted by Gasteiger charge is 2.19. The van der Waals surface area contributed by atoms with Crippen molar-refractivity contribution in [2.45, 2.75) is 19.9 Å². The third-order valence-electron chi connectivity index (χ3n) is 4.03. The van der Waals surface area contributed by atoms with E-state index in [4.69, 9.17) is 0 Å². The Morgan fingerprint density at radius 3 is 2.80 bits per heavy atom. The van der Waals surface area contributed by atoms with E-state index in [1.165, 1.54) is 0 Å². The first-order chi connectivity index (χ1) is 12.2. The van der Waals surface area contributed by atoms with E-state index < -0.39 is 0 Å². The largest absolute Gasteiger partial charge is 0.347 e. The normalized spacial score (nSPS) is 10.2. The Balaban J connectivity index is 1.94. The number of benzene rings is 1. The van der Waals surface area contributed by atoms with Crippen molar-refractivity contribution < 1.29 is 4.79 Å². The van der Waals surface area contributed by atoms with Crippen molar-refractivity contribution >= 4 is 5.91 Å². The van der Waals surface area contributed by atoms with Crippen LogP contribution in [0.2, 0.25) is 0 Å². The average Bonchev–Trinajstić information content (AvgIpc) is 3.11. The number of carbonyl (C=O) groups is 1. The molecule has 0 unspecified atom stereocenters. The molecule has 0 atom stereocenters. The van der Waals surface area contributed by atoms with Crippen LogP contribution >= 0.6 is 0 Å². The number of para-hydroxylation sites is 1. The number of hydrogen-bond acceptors (Lipinski definition) is 3. The minimum absolute atomic E-state index is 0.281. The first-order valence-corrected chi connectivity index (χ1v) is 8.11. The van der Waals surface area contributed by atoms with E-state index in [-0.39, 0.29) is 5.91 Å². The Morgan fingerprint density at radius 1 is 1.24 bits per heavy atom. The van der Waals surface area contributed by atoms with E-state index in [9.17, 15) is 10.1 Å². The molecule has 0 fully saturated rings. The fourth-order valence-corrected chi connectivity index (χ4v) is 2.77. The number of nitrogens with one attached hydrogen (secondary N) is 1. The van der Waals surface area contributed by atoms with Crippen LogP contribution < -0.4 is 5.32 Å². The zero-order chi connectivity index (χ0) is 17.6. The standard InChI is InChI=1S/C20H18N4O/c1-2-16-7-3-4-8-18(16)24-11-9-17(12-21)19(24)20(25)23-14-15-6-5-10-22-13-15/h3-11,13H,2,14H2,1H3,(H,23,25). The second-order valence-electron chi connectivity index (χ2n) is 5.59. The van der Waals surface area contributed by atoms with Crippen molar-refractivity contribution in [3.05, 3.63) is 83.4 Å². The van der Waals surface area contributed by atoms with Gasteiger partial charge in [0.05, 0.1) is 5.56 Å². The molecule has 124 valence electrons. The number of rotatable bonds is 5. The molecule has 0 aliphatic heterocycles. The summed E-state index contributed by atoms with van der Waals surface area (Å²) in [6.07, 6.45) is 6.00. The molecule has 5 heteroatoms. The molecular weight excluding hydrogens is 312 g/mol. The maximum atomic E-state index is 12.7. The van der Waals surface area contributed by atoms with Crippen molar-refractivity contribution in [1.82, 2.24) is 14.9 Å². The minimum atomic E-state index is -0.281. The molecule has 0 spiro atoms. The number of aromatic nitrogens is 2. The van der Waals surface area contributed by atoms with Crippen LogP contribution in [0.1, 0.15) is 34.1 Å². The number of amides is 1. The zero-order valence-electron chi connectivity index (χ0n) is 13.9. The number of carbonyl (C=O) groups excluding carboxylic acids is 1. The number of pyridine rings is 1. The molecule has 1 aromatic carbocycles. The Kier molecular flexibility index (Phi) is 4.91. The van der Waals surface area contributed by atoms with Crippen LogP contribution in [-0.4, -0.2) is 15.5 Å².